The predicted molar refractivity (Wildman–Crippen MR) is 104 cm³/mol. The Morgan fingerprint density at radius 2 is 2.00 bits per heavy atom. The van der Waals surface area contributed by atoms with Crippen LogP contribution in [0.4, 0.5) is 5.69 Å². The van der Waals surface area contributed by atoms with E-state index in [1.54, 1.807) is 18.9 Å². The smallest absolute Gasteiger partial charge is 0.151 e. The third kappa shape index (κ3) is 2.50. The summed E-state index contributed by atoms with van der Waals surface area (Å²) in [5.74, 6) is 1.76. The number of aryl methyl sites for hydroxylation is 1. The Hall–Kier alpha value is -1.92. The summed E-state index contributed by atoms with van der Waals surface area (Å²) in [6, 6.07) is 12.2. The number of hydrogen-bond donors (Lipinski definition) is 0. The number of thioether (sulfide) groups is 1. The Labute approximate surface area is 153 Å². The third-order valence-electron chi connectivity index (χ3n) is 4.09. The van der Waals surface area contributed by atoms with Crippen LogP contribution in [0.2, 0.25) is 0 Å². The number of imidazole rings is 1. The minimum atomic E-state index is 0.867. The van der Waals surface area contributed by atoms with Crippen LogP contribution in [0.15, 0.2) is 52.5 Å². The molecular formula is C18H16BrN3OS. The van der Waals surface area contributed by atoms with Gasteiger partial charge >= 0.3 is 0 Å². The largest absolute Gasteiger partial charge is 0.497 e. The molecule has 0 amide bonds. The summed E-state index contributed by atoms with van der Waals surface area (Å²) < 4.78 is 8.41. The summed E-state index contributed by atoms with van der Waals surface area (Å²) in [6.45, 7) is 2.06. The van der Waals surface area contributed by atoms with Crippen molar-refractivity contribution in [3.05, 3.63) is 63.9 Å². The zero-order valence-corrected chi connectivity index (χ0v) is 15.8. The number of methoxy groups -OCH3 is 1. The van der Waals surface area contributed by atoms with Crippen LogP contribution in [-0.2, 0) is 0 Å². The molecule has 0 spiro atoms. The van der Waals surface area contributed by atoms with E-state index < -0.39 is 0 Å². The fourth-order valence-electron chi connectivity index (χ4n) is 2.94. The molecule has 0 atom stereocenters. The molecule has 122 valence electrons. The normalized spacial score (nSPS) is 14.3. The lowest BCUT2D eigenvalue weighted by molar-refractivity contribution is 0.415. The summed E-state index contributed by atoms with van der Waals surface area (Å²) in [5.41, 5.74) is 5.42. The summed E-state index contributed by atoms with van der Waals surface area (Å²) in [4.78, 5) is 7.04. The van der Waals surface area contributed by atoms with E-state index in [4.69, 9.17) is 9.72 Å². The third-order valence-corrected chi connectivity index (χ3v) is 5.51. The fraction of sp³-hybridized carbons (Fsp3) is 0.167. The molecule has 1 aromatic carbocycles. The average molecular weight is 402 g/mol. The lowest BCUT2D eigenvalue weighted by Crippen LogP contribution is -2.18. The molecule has 4 rings (SSSR count). The minimum absolute atomic E-state index is 0.867. The molecule has 0 saturated carbocycles. The highest BCUT2D eigenvalue weighted by atomic mass is 79.9. The van der Waals surface area contributed by atoms with Crippen molar-refractivity contribution in [2.75, 3.05) is 17.9 Å². The second-order valence-electron chi connectivity index (χ2n) is 5.52. The zero-order chi connectivity index (χ0) is 16.7. The SMILES string of the molecule is COc1ccc(N2CSC=C2c2c(C)nc3c(Br)cccn23)cc1. The van der Waals surface area contributed by atoms with Crippen molar-refractivity contribution in [3.8, 4) is 5.75 Å². The standard InChI is InChI=1S/C18H16BrN3OS/c1-12-17(21-9-3-4-15(19)18(21)20-12)16-10-24-11-22(16)13-5-7-14(23-2)8-6-13/h3-10H,11H2,1-2H3. The molecule has 0 saturated heterocycles. The van der Waals surface area contributed by atoms with Gasteiger partial charge in [0.2, 0.25) is 0 Å². The molecule has 4 nitrogen and oxygen atoms in total. The number of aromatic nitrogens is 2. The predicted octanol–water partition coefficient (Wildman–Crippen LogP) is 4.92. The summed E-state index contributed by atoms with van der Waals surface area (Å²) in [6.07, 6.45) is 2.06. The average Bonchev–Trinajstić information content (AvgIpc) is 3.19. The maximum absolute atomic E-state index is 5.26. The van der Waals surface area contributed by atoms with Gasteiger partial charge in [0.1, 0.15) is 5.75 Å². The van der Waals surface area contributed by atoms with Crippen LogP contribution < -0.4 is 9.64 Å². The highest BCUT2D eigenvalue weighted by Crippen LogP contribution is 2.38. The molecule has 0 aliphatic carbocycles. The van der Waals surface area contributed by atoms with Crippen molar-refractivity contribution < 1.29 is 4.74 Å². The first kappa shape index (κ1) is 15.6. The number of anilines is 1. The van der Waals surface area contributed by atoms with E-state index >= 15 is 0 Å². The second kappa shape index (κ2) is 6.18. The van der Waals surface area contributed by atoms with Gasteiger partial charge in [-0.05, 0) is 64.7 Å². The Bertz CT molecular complexity index is 933. The zero-order valence-electron chi connectivity index (χ0n) is 13.4. The van der Waals surface area contributed by atoms with E-state index in [2.05, 4.69) is 55.9 Å². The van der Waals surface area contributed by atoms with Gasteiger partial charge < -0.3 is 9.64 Å². The second-order valence-corrected chi connectivity index (χ2v) is 7.20. The molecule has 0 radical (unpaired) electrons. The topological polar surface area (TPSA) is 29.8 Å². The molecule has 2 aromatic heterocycles. The molecule has 3 heterocycles. The Balaban J connectivity index is 1.81. The Morgan fingerprint density at radius 3 is 2.75 bits per heavy atom. The number of hydrogen-bond acceptors (Lipinski definition) is 4. The lowest BCUT2D eigenvalue weighted by atomic mass is 10.2. The van der Waals surface area contributed by atoms with Crippen LogP contribution in [0, 0.1) is 6.92 Å². The van der Waals surface area contributed by atoms with Gasteiger partial charge in [-0.3, -0.25) is 4.40 Å². The molecule has 0 fully saturated rings. The number of ether oxygens (including phenoxy) is 1. The summed E-state index contributed by atoms with van der Waals surface area (Å²) >= 11 is 5.39. The van der Waals surface area contributed by atoms with Gasteiger partial charge in [0, 0.05) is 11.9 Å². The number of rotatable bonds is 3. The molecule has 1 aliphatic heterocycles. The molecule has 1 aliphatic rings. The maximum atomic E-state index is 5.26. The van der Waals surface area contributed by atoms with Gasteiger partial charge in [0.15, 0.2) is 5.65 Å². The number of benzene rings is 1. The van der Waals surface area contributed by atoms with Crippen molar-refractivity contribution in [1.82, 2.24) is 9.38 Å². The molecule has 3 aromatic rings. The van der Waals surface area contributed by atoms with Crippen LogP contribution in [0.1, 0.15) is 11.4 Å². The number of pyridine rings is 1. The molecule has 0 bridgehead atoms. The van der Waals surface area contributed by atoms with Gasteiger partial charge in [-0.15, -0.1) is 11.8 Å². The van der Waals surface area contributed by atoms with Crippen molar-refractivity contribution >= 4 is 44.7 Å². The van der Waals surface area contributed by atoms with Gasteiger partial charge in [0.25, 0.3) is 0 Å². The van der Waals surface area contributed by atoms with Crippen molar-refractivity contribution in [1.29, 1.82) is 0 Å². The van der Waals surface area contributed by atoms with Crippen LogP contribution in [-0.4, -0.2) is 22.4 Å². The monoisotopic (exact) mass is 401 g/mol. The first-order valence-corrected chi connectivity index (χ1v) is 9.40. The first-order chi connectivity index (χ1) is 11.7. The Kier molecular flexibility index (Phi) is 4.02. The van der Waals surface area contributed by atoms with E-state index in [0.29, 0.717) is 0 Å². The van der Waals surface area contributed by atoms with Crippen LogP contribution in [0.3, 0.4) is 0 Å². The first-order valence-electron chi connectivity index (χ1n) is 7.56. The number of nitrogens with zero attached hydrogens (tertiary/aromatic N) is 3. The van der Waals surface area contributed by atoms with Crippen LogP contribution in [0.25, 0.3) is 11.3 Å². The van der Waals surface area contributed by atoms with E-state index in [-0.39, 0.29) is 0 Å². The molecule has 6 heteroatoms. The van der Waals surface area contributed by atoms with Crippen LogP contribution >= 0.6 is 27.7 Å². The summed E-state index contributed by atoms with van der Waals surface area (Å²) in [7, 11) is 1.69. The highest BCUT2D eigenvalue weighted by Gasteiger charge is 2.24. The van der Waals surface area contributed by atoms with E-state index in [1.807, 2.05) is 24.3 Å². The van der Waals surface area contributed by atoms with Gasteiger partial charge in [-0.25, -0.2) is 4.98 Å². The van der Waals surface area contributed by atoms with Gasteiger partial charge in [-0.1, -0.05) is 0 Å². The van der Waals surface area contributed by atoms with E-state index in [0.717, 1.165) is 38.8 Å². The van der Waals surface area contributed by atoms with Gasteiger partial charge in [-0.2, -0.15) is 0 Å². The lowest BCUT2D eigenvalue weighted by Gasteiger charge is -2.22. The van der Waals surface area contributed by atoms with Gasteiger partial charge in [0.05, 0.1) is 34.5 Å². The minimum Gasteiger partial charge on any atom is -0.497 e. The number of fused-ring (bicyclic) bond motifs is 1. The van der Waals surface area contributed by atoms with Crippen molar-refractivity contribution in [2.45, 2.75) is 6.92 Å². The van der Waals surface area contributed by atoms with Crippen LogP contribution in [0.5, 0.6) is 5.75 Å². The quantitative estimate of drug-likeness (QED) is 0.622. The highest BCUT2D eigenvalue weighted by molar-refractivity contribution is 9.10. The summed E-state index contributed by atoms with van der Waals surface area (Å²) in [5, 5.41) is 2.21. The van der Waals surface area contributed by atoms with Crippen molar-refractivity contribution in [3.63, 3.8) is 0 Å². The molecule has 0 N–H and O–H groups in total. The van der Waals surface area contributed by atoms with Crippen molar-refractivity contribution in [2.24, 2.45) is 0 Å². The number of halogens is 1. The maximum Gasteiger partial charge on any atom is 0.151 e. The molecule has 24 heavy (non-hydrogen) atoms. The fourth-order valence-corrected chi connectivity index (χ4v) is 4.28. The van der Waals surface area contributed by atoms with E-state index in [1.165, 1.54) is 5.70 Å². The van der Waals surface area contributed by atoms with E-state index in [9.17, 15) is 0 Å². The Morgan fingerprint density at radius 1 is 1.21 bits per heavy atom. The molecule has 0 unspecified atom stereocenters. The molecular weight excluding hydrogens is 386 g/mol.